The van der Waals surface area contributed by atoms with Gasteiger partial charge in [0.25, 0.3) is 10.0 Å². The lowest BCUT2D eigenvalue weighted by molar-refractivity contribution is 0.0526. The highest BCUT2D eigenvalue weighted by molar-refractivity contribution is 7.92. The number of anilines is 1. The number of benzene rings is 2. The van der Waals surface area contributed by atoms with Crippen molar-refractivity contribution in [3.63, 3.8) is 0 Å². The number of carbonyl (C=O) groups is 1. The molecule has 8 nitrogen and oxygen atoms in total. The van der Waals surface area contributed by atoms with Gasteiger partial charge in [0, 0.05) is 19.8 Å². The molecule has 0 radical (unpaired) electrons. The number of rotatable bonds is 7. The lowest BCUT2D eigenvalue weighted by atomic mass is 10.2. The molecule has 0 spiro atoms. The van der Waals surface area contributed by atoms with Crippen LogP contribution >= 0.6 is 0 Å². The molecule has 0 aliphatic carbocycles. The molecular weight excluding hydrogens is 392 g/mol. The Kier molecular flexibility index (Phi) is 6.24. The minimum absolute atomic E-state index is 0.0412. The summed E-state index contributed by atoms with van der Waals surface area (Å²) in [5, 5.41) is 0. The zero-order valence-corrected chi connectivity index (χ0v) is 16.7. The van der Waals surface area contributed by atoms with E-state index in [9.17, 15) is 21.6 Å². The number of carbonyl (C=O) groups excluding carboxylic acids is 1. The van der Waals surface area contributed by atoms with E-state index in [1.54, 1.807) is 6.92 Å². The third kappa shape index (κ3) is 4.85. The molecule has 0 bridgehead atoms. The van der Waals surface area contributed by atoms with Gasteiger partial charge in [-0.15, -0.1) is 0 Å². The summed E-state index contributed by atoms with van der Waals surface area (Å²) in [6.45, 7) is 1.90. The van der Waals surface area contributed by atoms with E-state index in [1.165, 1.54) is 62.6 Å². The summed E-state index contributed by atoms with van der Waals surface area (Å²) >= 11 is 0. The Morgan fingerprint density at radius 2 is 1.44 bits per heavy atom. The summed E-state index contributed by atoms with van der Waals surface area (Å²) in [5.41, 5.74) is 0.455. The first-order valence-corrected chi connectivity index (χ1v) is 10.8. The van der Waals surface area contributed by atoms with Crippen LogP contribution in [0.2, 0.25) is 0 Å². The second-order valence-electron chi connectivity index (χ2n) is 5.66. The maximum Gasteiger partial charge on any atom is 0.338 e. The smallest absolute Gasteiger partial charge is 0.338 e. The van der Waals surface area contributed by atoms with Crippen LogP contribution in [-0.4, -0.2) is 47.8 Å². The van der Waals surface area contributed by atoms with Crippen LogP contribution in [0.25, 0.3) is 0 Å². The number of nitrogens with one attached hydrogen (secondary N) is 1. The van der Waals surface area contributed by atoms with Crippen LogP contribution in [0.1, 0.15) is 17.3 Å². The molecule has 0 atom stereocenters. The molecule has 1 N–H and O–H groups in total. The Labute approximate surface area is 158 Å². The van der Waals surface area contributed by atoms with Gasteiger partial charge in [-0.25, -0.2) is 25.9 Å². The Balaban J connectivity index is 2.20. The average Bonchev–Trinajstić information content (AvgIpc) is 2.62. The summed E-state index contributed by atoms with van der Waals surface area (Å²) in [6, 6.07) is 10.7. The van der Waals surface area contributed by atoms with Crippen LogP contribution in [-0.2, 0) is 24.8 Å². The molecule has 0 saturated heterocycles. The molecule has 0 amide bonds. The molecule has 0 aliphatic heterocycles. The van der Waals surface area contributed by atoms with E-state index in [2.05, 4.69) is 4.72 Å². The van der Waals surface area contributed by atoms with E-state index in [0.29, 0.717) is 0 Å². The molecular formula is C17H20N2O6S2. The fourth-order valence-electron chi connectivity index (χ4n) is 2.10. The molecule has 146 valence electrons. The van der Waals surface area contributed by atoms with Crippen LogP contribution in [0.15, 0.2) is 58.3 Å². The number of ether oxygens (including phenoxy) is 1. The summed E-state index contributed by atoms with van der Waals surface area (Å²) in [6.07, 6.45) is 0. The number of nitrogens with zero attached hydrogens (tertiary/aromatic N) is 1. The summed E-state index contributed by atoms with van der Waals surface area (Å²) < 4.78 is 57.2. The lowest BCUT2D eigenvalue weighted by Gasteiger charge is -2.12. The maximum absolute atomic E-state index is 12.4. The van der Waals surface area contributed by atoms with Gasteiger partial charge in [0.1, 0.15) is 0 Å². The first-order valence-electron chi connectivity index (χ1n) is 7.90. The van der Waals surface area contributed by atoms with Gasteiger partial charge >= 0.3 is 5.97 Å². The van der Waals surface area contributed by atoms with Crippen LogP contribution in [0, 0.1) is 0 Å². The van der Waals surface area contributed by atoms with Gasteiger partial charge in [0.05, 0.1) is 22.0 Å². The molecule has 2 aromatic carbocycles. The molecule has 0 heterocycles. The van der Waals surface area contributed by atoms with Crippen molar-refractivity contribution in [2.24, 2.45) is 0 Å². The minimum atomic E-state index is -3.89. The highest BCUT2D eigenvalue weighted by Gasteiger charge is 2.19. The molecule has 0 unspecified atom stereocenters. The van der Waals surface area contributed by atoms with Crippen LogP contribution in [0.4, 0.5) is 5.69 Å². The standard InChI is InChI=1S/C17H20N2O6S2/c1-4-25-17(20)13-5-9-15(10-6-13)26(21,22)18-14-7-11-16(12-8-14)27(23,24)19(2)3/h5-12,18H,4H2,1-3H3. The molecule has 0 aromatic heterocycles. The van der Waals surface area contributed by atoms with Crippen molar-refractivity contribution in [1.29, 1.82) is 0 Å². The molecule has 2 aromatic rings. The normalized spacial score (nSPS) is 12.0. The summed E-state index contributed by atoms with van der Waals surface area (Å²) in [7, 11) is -4.67. The van der Waals surface area contributed by atoms with E-state index in [1.807, 2.05) is 0 Å². The SMILES string of the molecule is CCOC(=O)c1ccc(S(=O)(=O)Nc2ccc(S(=O)(=O)N(C)C)cc2)cc1. The van der Waals surface area contributed by atoms with Gasteiger partial charge in [-0.2, -0.15) is 0 Å². The van der Waals surface area contributed by atoms with Crippen LogP contribution < -0.4 is 4.72 Å². The Bertz CT molecular complexity index is 1010. The first-order chi connectivity index (χ1) is 12.6. The summed E-state index contributed by atoms with van der Waals surface area (Å²) in [5.74, 6) is -0.535. The monoisotopic (exact) mass is 412 g/mol. The molecule has 27 heavy (non-hydrogen) atoms. The van der Waals surface area contributed by atoms with Crippen molar-refractivity contribution in [3.8, 4) is 0 Å². The highest BCUT2D eigenvalue weighted by Crippen LogP contribution is 2.20. The van der Waals surface area contributed by atoms with Crippen molar-refractivity contribution in [1.82, 2.24) is 4.31 Å². The molecule has 2 rings (SSSR count). The Hall–Kier alpha value is -2.43. The molecule has 0 fully saturated rings. The molecule has 0 saturated carbocycles. The van der Waals surface area contributed by atoms with Gasteiger partial charge < -0.3 is 4.74 Å². The van der Waals surface area contributed by atoms with Gasteiger partial charge in [-0.3, -0.25) is 4.72 Å². The first kappa shape index (κ1) is 20.9. The number of esters is 1. The van der Waals surface area contributed by atoms with Gasteiger partial charge in [0.15, 0.2) is 0 Å². The Morgan fingerprint density at radius 3 is 1.93 bits per heavy atom. The zero-order valence-electron chi connectivity index (χ0n) is 15.0. The van der Waals surface area contributed by atoms with Crippen molar-refractivity contribution in [2.45, 2.75) is 16.7 Å². The zero-order chi connectivity index (χ0) is 20.2. The predicted molar refractivity (Wildman–Crippen MR) is 101 cm³/mol. The van der Waals surface area contributed by atoms with Crippen LogP contribution in [0.3, 0.4) is 0 Å². The molecule has 10 heteroatoms. The van der Waals surface area contributed by atoms with E-state index in [-0.39, 0.29) is 27.6 Å². The second-order valence-corrected chi connectivity index (χ2v) is 9.50. The fourth-order valence-corrected chi connectivity index (χ4v) is 4.06. The minimum Gasteiger partial charge on any atom is -0.462 e. The van der Waals surface area contributed by atoms with E-state index in [4.69, 9.17) is 4.74 Å². The predicted octanol–water partition coefficient (Wildman–Crippen LogP) is 1.91. The largest absolute Gasteiger partial charge is 0.462 e. The third-order valence-corrected chi connectivity index (χ3v) is 6.79. The topological polar surface area (TPSA) is 110 Å². The number of hydrogen-bond donors (Lipinski definition) is 1. The highest BCUT2D eigenvalue weighted by atomic mass is 32.2. The van der Waals surface area contributed by atoms with Gasteiger partial charge in [0.2, 0.25) is 10.0 Å². The van der Waals surface area contributed by atoms with Crippen molar-refractivity contribution >= 4 is 31.7 Å². The van der Waals surface area contributed by atoms with Crippen molar-refractivity contribution in [3.05, 3.63) is 54.1 Å². The second kappa shape index (κ2) is 8.07. The van der Waals surface area contributed by atoms with E-state index < -0.39 is 26.0 Å². The molecule has 0 aliphatic rings. The average molecular weight is 412 g/mol. The van der Waals surface area contributed by atoms with E-state index in [0.717, 1.165) is 4.31 Å². The number of sulfonamides is 2. The number of hydrogen-bond acceptors (Lipinski definition) is 6. The van der Waals surface area contributed by atoms with Crippen molar-refractivity contribution < 1.29 is 26.4 Å². The van der Waals surface area contributed by atoms with E-state index >= 15 is 0 Å². The third-order valence-electron chi connectivity index (χ3n) is 3.56. The summed E-state index contributed by atoms with van der Waals surface area (Å²) in [4.78, 5) is 11.6. The quantitative estimate of drug-likeness (QED) is 0.696. The Morgan fingerprint density at radius 1 is 0.926 bits per heavy atom. The lowest BCUT2D eigenvalue weighted by Crippen LogP contribution is -2.22. The van der Waals surface area contributed by atoms with Crippen LogP contribution in [0.5, 0.6) is 0 Å². The van der Waals surface area contributed by atoms with Crippen molar-refractivity contribution in [2.75, 3.05) is 25.4 Å². The maximum atomic E-state index is 12.4. The van der Waals surface area contributed by atoms with Gasteiger partial charge in [-0.1, -0.05) is 0 Å². The van der Waals surface area contributed by atoms with Gasteiger partial charge in [-0.05, 0) is 55.5 Å². The fraction of sp³-hybridized carbons (Fsp3) is 0.235.